The number of methoxy groups -OCH3 is 1. The molecular formula is C20H21N3O4S. The molecule has 0 fully saturated rings. The molecule has 0 saturated carbocycles. The zero-order valence-corrected chi connectivity index (χ0v) is 16.2. The number of hydrogen-bond donors (Lipinski definition) is 0. The lowest BCUT2D eigenvalue weighted by atomic mass is 10.2. The van der Waals surface area contributed by atoms with E-state index in [4.69, 9.17) is 9.47 Å². The van der Waals surface area contributed by atoms with Crippen LogP contribution in [0.15, 0.2) is 72.1 Å². The number of ether oxygens (including phenoxy) is 2. The lowest BCUT2D eigenvalue weighted by Crippen LogP contribution is -2.41. The Hall–Kier alpha value is -2.68. The zero-order chi connectivity index (χ0) is 19.6. The van der Waals surface area contributed by atoms with E-state index in [1.165, 1.54) is 10.5 Å². The summed E-state index contributed by atoms with van der Waals surface area (Å²) in [6.45, 7) is 1.02. The summed E-state index contributed by atoms with van der Waals surface area (Å²) in [7, 11) is -2.14. The Labute approximate surface area is 164 Å². The molecule has 0 spiro atoms. The maximum Gasteiger partial charge on any atom is 0.235 e. The van der Waals surface area contributed by atoms with Gasteiger partial charge in [-0.2, -0.15) is 0 Å². The molecule has 0 amide bonds. The van der Waals surface area contributed by atoms with Gasteiger partial charge in [0.05, 0.1) is 32.9 Å². The topological polar surface area (TPSA) is 79.6 Å². The van der Waals surface area contributed by atoms with Crippen molar-refractivity contribution in [3.8, 4) is 11.5 Å². The smallest absolute Gasteiger partial charge is 0.235 e. The molecule has 1 aliphatic heterocycles. The zero-order valence-electron chi connectivity index (χ0n) is 15.4. The van der Waals surface area contributed by atoms with Crippen LogP contribution in [-0.2, 0) is 27.7 Å². The predicted molar refractivity (Wildman–Crippen MR) is 104 cm³/mol. The first-order valence-corrected chi connectivity index (χ1v) is 10.3. The molecule has 3 heterocycles. The van der Waals surface area contributed by atoms with Gasteiger partial charge in [0.1, 0.15) is 11.9 Å². The molecule has 0 bridgehead atoms. The maximum atomic E-state index is 13.3. The van der Waals surface area contributed by atoms with Crippen LogP contribution in [0, 0.1) is 0 Å². The molecule has 28 heavy (non-hydrogen) atoms. The van der Waals surface area contributed by atoms with E-state index in [2.05, 4.69) is 4.98 Å². The van der Waals surface area contributed by atoms with E-state index in [9.17, 15) is 8.76 Å². The van der Waals surface area contributed by atoms with Gasteiger partial charge < -0.3 is 18.6 Å². The summed E-state index contributed by atoms with van der Waals surface area (Å²) in [5, 5.41) is 0. The largest absolute Gasteiger partial charge is 0.593 e. The molecule has 3 aromatic rings. The number of pyridine rings is 1. The molecular weight excluding hydrogens is 378 g/mol. The number of benzene rings is 1. The highest BCUT2D eigenvalue weighted by molar-refractivity contribution is 7.95. The van der Waals surface area contributed by atoms with Crippen LogP contribution in [0.1, 0.15) is 5.56 Å². The number of rotatable bonds is 5. The standard InChI is InChI=1S/C20H21N3O4S/c1-26-17-6-4-16(5-7-17)13-23-15-18(14-22-10-2-3-11-22)27-19-8-9-21-12-20(19)28(23,24)25/h2-12,18H,13-15H2,1H3. The first-order valence-electron chi connectivity index (χ1n) is 8.91. The third-order valence-corrected chi connectivity index (χ3v) is 6.48. The van der Waals surface area contributed by atoms with Gasteiger partial charge in [-0.15, -0.1) is 4.31 Å². The number of aromatic nitrogens is 2. The van der Waals surface area contributed by atoms with Crippen molar-refractivity contribution in [2.75, 3.05) is 13.7 Å². The summed E-state index contributed by atoms with van der Waals surface area (Å²) in [5.41, 5.74) is 0.872. The predicted octanol–water partition coefficient (Wildman–Crippen LogP) is 2.76. The van der Waals surface area contributed by atoms with Crippen molar-refractivity contribution in [1.29, 1.82) is 0 Å². The molecule has 2 aromatic heterocycles. The van der Waals surface area contributed by atoms with E-state index < -0.39 is 10.4 Å². The minimum absolute atomic E-state index is 0.0958. The lowest BCUT2D eigenvalue weighted by Gasteiger charge is -2.26. The second-order valence-corrected chi connectivity index (χ2v) is 8.49. The van der Waals surface area contributed by atoms with Gasteiger partial charge in [-0.3, -0.25) is 4.98 Å². The molecule has 1 aliphatic rings. The molecule has 2 atom stereocenters. The van der Waals surface area contributed by atoms with Crippen molar-refractivity contribution in [1.82, 2.24) is 13.9 Å². The lowest BCUT2D eigenvalue weighted by molar-refractivity contribution is 0.152. The van der Waals surface area contributed by atoms with Crippen LogP contribution < -0.4 is 9.47 Å². The summed E-state index contributed by atoms with van der Waals surface area (Å²) >= 11 is 0. The Balaban J connectivity index is 1.66. The normalized spacial score (nSPS) is 22.1. The average Bonchev–Trinajstić information content (AvgIpc) is 3.18. The summed E-state index contributed by atoms with van der Waals surface area (Å²) in [6.07, 6.45) is 6.43. The van der Waals surface area contributed by atoms with Crippen LogP contribution in [0.4, 0.5) is 0 Å². The molecule has 0 radical (unpaired) electrons. The van der Waals surface area contributed by atoms with Gasteiger partial charge in [-0.1, -0.05) is 16.3 Å². The Morgan fingerprint density at radius 1 is 1.25 bits per heavy atom. The Kier molecular flexibility index (Phi) is 5.17. The Morgan fingerprint density at radius 2 is 2.00 bits per heavy atom. The summed E-state index contributed by atoms with van der Waals surface area (Å²) in [6, 6.07) is 12.8. The third-order valence-electron chi connectivity index (χ3n) is 4.66. The van der Waals surface area contributed by atoms with Crippen LogP contribution in [0.5, 0.6) is 11.5 Å². The van der Waals surface area contributed by atoms with E-state index in [1.807, 2.05) is 53.4 Å². The fourth-order valence-corrected chi connectivity index (χ4v) is 4.77. The molecule has 146 valence electrons. The van der Waals surface area contributed by atoms with Crippen LogP contribution >= 0.6 is 0 Å². The van der Waals surface area contributed by atoms with Crippen LogP contribution in [0.3, 0.4) is 0 Å². The van der Waals surface area contributed by atoms with Gasteiger partial charge >= 0.3 is 0 Å². The fraction of sp³-hybridized carbons (Fsp3) is 0.250. The van der Waals surface area contributed by atoms with E-state index in [-0.39, 0.29) is 24.1 Å². The van der Waals surface area contributed by atoms with E-state index in [0.717, 1.165) is 11.3 Å². The van der Waals surface area contributed by atoms with Crippen molar-refractivity contribution in [3.05, 3.63) is 72.8 Å². The van der Waals surface area contributed by atoms with Gasteiger partial charge in [0.25, 0.3) is 0 Å². The van der Waals surface area contributed by atoms with Gasteiger partial charge in [0, 0.05) is 24.7 Å². The fourth-order valence-electron chi connectivity index (χ4n) is 3.25. The number of fused-ring (bicyclic) bond motifs is 1. The van der Waals surface area contributed by atoms with E-state index >= 15 is 0 Å². The van der Waals surface area contributed by atoms with Crippen molar-refractivity contribution >= 4 is 10.4 Å². The molecule has 8 heteroatoms. The van der Waals surface area contributed by atoms with E-state index in [1.54, 1.807) is 19.4 Å². The quantitative estimate of drug-likeness (QED) is 0.617. The van der Waals surface area contributed by atoms with Gasteiger partial charge in [-0.25, -0.2) is 0 Å². The van der Waals surface area contributed by atoms with Gasteiger partial charge in [-0.05, 0) is 29.8 Å². The number of sulfonamides is 1. The minimum atomic E-state index is -3.74. The number of nitrogens with zero attached hydrogens (tertiary/aromatic N) is 3. The monoisotopic (exact) mass is 399 g/mol. The second kappa shape index (κ2) is 7.75. The molecule has 0 saturated heterocycles. The number of hydrogen-bond acceptors (Lipinski definition) is 5. The molecule has 2 unspecified atom stereocenters. The van der Waals surface area contributed by atoms with Crippen molar-refractivity contribution in [3.63, 3.8) is 0 Å². The Bertz CT molecular complexity index is 975. The van der Waals surface area contributed by atoms with Gasteiger partial charge in [0.15, 0.2) is 16.1 Å². The third kappa shape index (κ3) is 3.80. The molecule has 1 aromatic carbocycles. The molecule has 7 nitrogen and oxygen atoms in total. The molecule has 0 aliphatic carbocycles. The van der Waals surface area contributed by atoms with E-state index in [0.29, 0.717) is 12.3 Å². The van der Waals surface area contributed by atoms with Crippen LogP contribution in [0.25, 0.3) is 0 Å². The SMILES string of the molecule is COc1ccc(CN2CC(Cn3cccc3)Oc3ccncc3[S+]2(=O)[O-])cc1. The first kappa shape index (κ1) is 18.7. The second-order valence-electron chi connectivity index (χ2n) is 6.59. The van der Waals surface area contributed by atoms with Gasteiger partial charge in [0.2, 0.25) is 4.90 Å². The summed E-state index contributed by atoms with van der Waals surface area (Å²) in [4.78, 5) is 4.09. The highest BCUT2D eigenvalue weighted by Crippen LogP contribution is 2.34. The van der Waals surface area contributed by atoms with Crippen LogP contribution in [0.2, 0.25) is 0 Å². The highest BCUT2D eigenvalue weighted by Gasteiger charge is 2.39. The maximum absolute atomic E-state index is 13.3. The van der Waals surface area contributed by atoms with Crippen molar-refractivity contribution in [2.24, 2.45) is 0 Å². The molecule has 0 N–H and O–H groups in total. The minimum Gasteiger partial charge on any atom is -0.593 e. The highest BCUT2D eigenvalue weighted by atomic mass is 32.3. The van der Waals surface area contributed by atoms with Crippen LogP contribution in [-0.4, -0.2) is 38.2 Å². The Morgan fingerprint density at radius 3 is 2.71 bits per heavy atom. The van der Waals surface area contributed by atoms with Crippen molar-refractivity contribution in [2.45, 2.75) is 24.1 Å². The van der Waals surface area contributed by atoms with Crippen molar-refractivity contribution < 1.29 is 18.2 Å². The molecule has 4 rings (SSSR count). The summed E-state index contributed by atoms with van der Waals surface area (Å²) < 4.78 is 41.2. The first-order chi connectivity index (χ1) is 13.6. The summed E-state index contributed by atoms with van der Waals surface area (Å²) in [5.74, 6) is 1.07. The average molecular weight is 399 g/mol.